The molecule has 1 heterocycles. The fourth-order valence-corrected chi connectivity index (χ4v) is 2.78. The van der Waals surface area contributed by atoms with Gasteiger partial charge < -0.3 is 10.1 Å². The molecular formula is C19H25N3O3S. The number of hydrogen-bond donors (Lipinski definition) is 1. The second-order valence-electron chi connectivity index (χ2n) is 7.00. The molecule has 0 saturated carbocycles. The summed E-state index contributed by atoms with van der Waals surface area (Å²) in [7, 11) is 0. The second kappa shape index (κ2) is 8.98. The van der Waals surface area contributed by atoms with Crippen LogP contribution in [-0.4, -0.2) is 33.3 Å². The Labute approximate surface area is 158 Å². The Balaban J connectivity index is 1.86. The maximum atomic E-state index is 11.6. The molecule has 2 rings (SSSR count). The van der Waals surface area contributed by atoms with Crippen molar-refractivity contribution in [2.24, 2.45) is 0 Å². The predicted octanol–water partition coefficient (Wildman–Crippen LogP) is 3.87. The van der Waals surface area contributed by atoms with Crippen LogP contribution in [0.4, 0.5) is 4.79 Å². The molecule has 0 aliphatic carbocycles. The van der Waals surface area contributed by atoms with E-state index in [0.717, 1.165) is 35.1 Å². The lowest BCUT2D eigenvalue weighted by atomic mass is 10.1. The smallest absolute Gasteiger partial charge is 0.407 e. The van der Waals surface area contributed by atoms with Gasteiger partial charge in [0.2, 0.25) is 0 Å². The van der Waals surface area contributed by atoms with Crippen molar-refractivity contribution in [3.05, 3.63) is 35.7 Å². The Morgan fingerprint density at radius 3 is 2.69 bits per heavy atom. The molecule has 0 bridgehead atoms. The first kappa shape index (κ1) is 20.2. The number of benzene rings is 1. The highest BCUT2D eigenvalue weighted by molar-refractivity contribution is 8.12. The van der Waals surface area contributed by atoms with Gasteiger partial charge in [-0.3, -0.25) is 9.78 Å². The van der Waals surface area contributed by atoms with E-state index >= 15 is 0 Å². The lowest BCUT2D eigenvalue weighted by Gasteiger charge is -2.19. The lowest BCUT2D eigenvalue weighted by Crippen LogP contribution is -2.33. The number of carbonyl (C=O) groups excluding carboxylic acids is 2. The van der Waals surface area contributed by atoms with Gasteiger partial charge in [0.15, 0.2) is 5.12 Å². The maximum absolute atomic E-state index is 11.6. The molecule has 0 radical (unpaired) electrons. The van der Waals surface area contributed by atoms with E-state index in [1.807, 2.05) is 39.0 Å². The Hall–Kier alpha value is -2.15. The topological polar surface area (TPSA) is 81.2 Å². The second-order valence-corrected chi connectivity index (χ2v) is 8.15. The summed E-state index contributed by atoms with van der Waals surface area (Å²) in [4.78, 5) is 31.6. The first-order chi connectivity index (χ1) is 12.2. The number of alkyl carbamates (subject to hydrolysis) is 1. The molecule has 0 saturated heterocycles. The van der Waals surface area contributed by atoms with E-state index in [-0.39, 0.29) is 5.12 Å². The molecule has 140 valence electrons. The number of rotatable bonds is 6. The zero-order chi connectivity index (χ0) is 19.2. The lowest BCUT2D eigenvalue weighted by molar-refractivity contribution is -0.109. The van der Waals surface area contributed by atoms with Crippen molar-refractivity contribution in [2.45, 2.75) is 51.9 Å². The van der Waals surface area contributed by atoms with Crippen molar-refractivity contribution in [3.8, 4) is 0 Å². The fraction of sp³-hybridized carbons (Fsp3) is 0.474. The normalized spacial score (nSPS) is 11.4. The van der Waals surface area contributed by atoms with Crippen molar-refractivity contribution in [2.75, 3.05) is 6.54 Å². The quantitative estimate of drug-likeness (QED) is 0.772. The highest BCUT2D eigenvalue weighted by Crippen LogP contribution is 2.16. The largest absolute Gasteiger partial charge is 0.444 e. The number of amides is 1. The van der Waals surface area contributed by atoms with Crippen molar-refractivity contribution in [1.29, 1.82) is 0 Å². The summed E-state index contributed by atoms with van der Waals surface area (Å²) < 4.78 is 5.20. The van der Waals surface area contributed by atoms with Crippen LogP contribution >= 0.6 is 11.8 Å². The van der Waals surface area contributed by atoms with Gasteiger partial charge in [-0.15, -0.1) is 0 Å². The molecule has 1 N–H and O–H groups in total. The molecule has 0 aliphatic heterocycles. The number of ether oxygens (including phenoxy) is 1. The zero-order valence-electron chi connectivity index (χ0n) is 15.7. The Morgan fingerprint density at radius 1 is 1.23 bits per heavy atom. The van der Waals surface area contributed by atoms with Gasteiger partial charge >= 0.3 is 6.09 Å². The number of aromatic nitrogens is 2. The van der Waals surface area contributed by atoms with E-state index in [4.69, 9.17) is 4.74 Å². The Kier molecular flexibility index (Phi) is 6.97. The number of nitrogens with zero attached hydrogens (tertiary/aromatic N) is 2. The molecular weight excluding hydrogens is 350 g/mol. The molecule has 0 spiro atoms. The van der Waals surface area contributed by atoms with Gasteiger partial charge in [-0.25, -0.2) is 9.78 Å². The summed E-state index contributed by atoms with van der Waals surface area (Å²) in [6.07, 6.45) is 2.96. The molecule has 0 unspecified atom stereocenters. The van der Waals surface area contributed by atoms with Crippen LogP contribution in [0.1, 0.15) is 45.4 Å². The first-order valence-corrected chi connectivity index (χ1v) is 9.56. The SMILES string of the molecule is CC(=O)SCc1cnc2cc(CCCNC(=O)OC(C)(C)C)ccc2n1. The summed E-state index contributed by atoms with van der Waals surface area (Å²) in [5.74, 6) is 0.538. The van der Waals surface area contributed by atoms with Gasteiger partial charge in [0, 0.05) is 25.4 Å². The van der Waals surface area contributed by atoms with Crippen molar-refractivity contribution < 1.29 is 14.3 Å². The highest BCUT2D eigenvalue weighted by atomic mass is 32.2. The van der Waals surface area contributed by atoms with Crippen LogP contribution in [0.15, 0.2) is 24.4 Å². The van der Waals surface area contributed by atoms with Gasteiger partial charge in [-0.2, -0.15) is 0 Å². The van der Waals surface area contributed by atoms with Crippen LogP contribution in [0.2, 0.25) is 0 Å². The van der Waals surface area contributed by atoms with Gasteiger partial charge in [-0.05, 0) is 51.3 Å². The summed E-state index contributed by atoms with van der Waals surface area (Å²) >= 11 is 1.23. The Bertz CT molecular complexity index is 787. The maximum Gasteiger partial charge on any atom is 0.407 e. The summed E-state index contributed by atoms with van der Waals surface area (Å²) in [5.41, 5.74) is 3.11. The van der Waals surface area contributed by atoms with Crippen LogP contribution < -0.4 is 5.32 Å². The molecule has 7 heteroatoms. The van der Waals surface area contributed by atoms with Crippen molar-refractivity contribution in [1.82, 2.24) is 15.3 Å². The third kappa shape index (κ3) is 7.00. The molecule has 6 nitrogen and oxygen atoms in total. The van der Waals surface area contributed by atoms with Crippen molar-refractivity contribution in [3.63, 3.8) is 0 Å². The van der Waals surface area contributed by atoms with Gasteiger partial charge in [-0.1, -0.05) is 17.8 Å². The average Bonchev–Trinajstić information content (AvgIpc) is 2.55. The van der Waals surface area contributed by atoms with Gasteiger partial charge in [0.25, 0.3) is 0 Å². The van der Waals surface area contributed by atoms with Gasteiger partial charge in [0.1, 0.15) is 5.60 Å². The summed E-state index contributed by atoms with van der Waals surface area (Å²) in [5, 5.41) is 2.83. The van der Waals surface area contributed by atoms with E-state index in [0.29, 0.717) is 12.3 Å². The van der Waals surface area contributed by atoms with Crippen LogP contribution in [0.5, 0.6) is 0 Å². The van der Waals surface area contributed by atoms with E-state index in [1.54, 1.807) is 13.1 Å². The number of fused-ring (bicyclic) bond motifs is 1. The zero-order valence-corrected chi connectivity index (χ0v) is 16.5. The summed E-state index contributed by atoms with van der Waals surface area (Å²) in [6.45, 7) is 7.62. The minimum atomic E-state index is -0.483. The van der Waals surface area contributed by atoms with Crippen molar-refractivity contribution >= 4 is 34.0 Å². The fourth-order valence-electron chi connectivity index (χ4n) is 2.29. The highest BCUT2D eigenvalue weighted by Gasteiger charge is 2.15. The van der Waals surface area contributed by atoms with E-state index < -0.39 is 11.7 Å². The molecule has 1 amide bonds. The monoisotopic (exact) mass is 375 g/mol. The first-order valence-electron chi connectivity index (χ1n) is 8.58. The molecule has 2 aromatic rings. The molecule has 26 heavy (non-hydrogen) atoms. The van der Waals surface area contributed by atoms with Crippen LogP contribution in [-0.2, 0) is 21.7 Å². The third-order valence-electron chi connectivity index (χ3n) is 3.39. The number of hydrogen-bond acceptors (Lipinski definition) is 6. The number of aryl methyl sites for hydroxylation is 1. The molecule has 0 atom stereocenters. The summed E-state index contributed by atoms with van der Waals surface area (Å²) in [6, 6.07) is 5.98. The molecule has 1 aromatic heterocycles. The molecule has 0 fully saturated rings. The van der Waals surface area contributed by atoms with E-state index in [9.17, 15) is 9.59 Å². The molecule has 1 aromatic carbocycles. The average molecular weight is 375 g/mol. The number of carbonyl (C=O) groups is 2. The van der Waals surface area contributed by atoms with E-state index in [1.165, 1.54) is 11.8 Å². The van der Waals surface area contributed by atoms with Crippen LogP contribution in [0.3, 0.4) is 0 Å². The van der Waals surface area contributed by atoms with Crippen LogP contribution in [0.25, 0.3) is 11.0 Å². The van der Waals surface area contributed by atoms with E-state index in [2.05, 4.69) is 15.3 Å². The minimum absolute atomic E-state index is 0.0715. The predicted molar refractivity (Wildman–Crippen MR) is 104 cm³/mol. The van der Waals surface area contributed by atoms with Crippen LogP contribution in [0, 0.1) is 0 Å². The Morgan fingerprint density at radius 2 is 2.00 bits per heavy atom. The number of thioether (sulfide) groups is 1. The third-order valence-corrected chi connectivity index (χ3v) is 4.24. The van der Waals surface area contributed by atoms with Gasteiger partial charge in [0.05, 0.1) is 16.7 Å². The number of nitrogens with one attached hydrogen (secondary N) is 1. The standard InChI is InChI=1S/C19H25N3O3S/c1-13(23)26-12-15-11-21-17-10-14(7-8-16(17)22-15)6-5-9-20-18(24)25-19(2,3)4/h7-8,10-11H,5-6,9,12H2,1-4H3,(H,20,24). The molecule has 0 aliphatic rings. The minimum Gasteiger partial charge on any atom is -0.444 e.